The Morgan fingerprint density at radius 2 is 1.93 bits per heavy atom. The van der Waals surface area contributed by atoms with Crippen LogP contribution >= 0.6 is 0 Å². The van der Waals surface area contributed by atoms with Gasteiger partial charge in [0, 0.05) is 17.7 Å². The Balaban J connectivity index is 1.82. The van der Waals surface area contributed by atoms with Crippen LogP contribution in [0.1, 0.15) is 43.0 Å². The summed E-state index contributed by atoms with van der Waals surface area (Å²) in [4.78, 5) is 21.2. The minimum atomic E-state index is -3.28. The van der Waals surface area contributed by atoms with Gasteiger partial charge in [-0.1, -0.05) is 24.3 Å². The third-order valence-electron chi connectivity index (χ3n) is 4.48. The van der Waals surface area contributed by atoms with Crippen molar-refractivity contribution in [1.29, 1.82) is 0 Å². The highest BCUT2D eigenvalue weighted by Crippen LogP contribution is 2.27. The number of benzene rings is 1. The number of rotatable bonds is 8. The van der Waals surface area contributed by atoms with Crippen molar-refractivity contribution < 1.29 is 22.7 Å². The van der Waals surface area contributed by atoms with Crippen LogP contribution < -0.4 is 14.8 Å². The number of amides is 1. The topological polar surface area (TPSA) is 107 Å². The van der Waals surface area contributed by atoms with Crippen molar-refractivity contribution in [3.63, 3.8) is 0 Å². The molecule has 1 heterocycles. The molecule has 1 N–H and O–H groups in total. The molecule has 1 atom stereocenters. The zero-order chi connectivity index (χ0) is 21.6. The zero-order valence-electron chi connectivity index (χ0n) is 16.9. The average molecular weight is 432 g/mol. The lowest BCUT2D eigenvalue weighted by molar-refractivity contribution is 0.0943. The number of carbonyl (C=O) groups excluding carboxylic acids is 1. The molecule has 0 saturated heterocycles. The molecule has 1 aliphatic carbocycles. The molecular formula is C21H25N3O5S. The molecule has 1 aromatic carbocycles. The summed E-state index contributed by atoms with van der Waals surface area (Å²) in [7, 11) is -3.28. The van der Waals surface area contributed by atoms with E-state index in [4.69, 9.17) is 9.47 Å². The normalized spacial score (nSPS) is 15.8. The molecule has 2 aromatic rings. The van der Waals surface area contributed by atoms with E-state index in [-0.39, 0.29) is 23.6 Å². The highest BCUT2D eigenvalue weighted by molar-refractivity contribution is 7.93. The van der Waals surface area contributed by atoms with E-state index >= 15 is 0 Å². The first-order valence-corrected chi connectivity index (χ1v) is 11.7. The maximum atomic E-state index is 12.8. The van der Waals surface area contributed by atoms with Gasteiger partial charge in [0.15, 0.2) is 9.84 Å². The third-order valence-corrected chi connectivity index (χ3v) is 5.13. The van der Waals surface area contributed by atoms with Crippen LogP contribution in [0.15, 0.2) is 48.0 Å². The van der Waals surface area contributed by atoms with Crippen LogP contribution in [-0.4, -0.2) is 42.7 Å². The number of nitrogens with one attached hydrogen (secondary N) is 1. The fourth-order valence-corrected chi connectivity index (χ4v) is 3.51. The molecule has 9 heteroatoms. The van der Waals surface area contributed by atoms with Gasteiger partial charge in [-0.2, -0.15) is 4.98 Å². The van der Waals surface area contributed by atoms with Gasteiger partial charge in [0.1, 0.15) is 17.4 Å². The number of hydrogen-bond donors (Lipinski definition) is 1. The summed E-state index contributed by atoms with van der Waals surface area (Å²) in [6.07, 6.45) is 8.02. The summed E-state index contributed by atoms with van der Waals surface area (Å²) >= 11 is 0. The van der Waals surface area contributed by atoms with Gasteiger partial charge in [-0.05, 0) is 44.7 Å². The monoisotopic (exact) mass is 431 g/mol. The number of aromatic nitrogens is 2. The van der Waals surface area contributed by atoms with Crippen molar-refractivity contribution in [2.75, 3.05) is 6.26 Å². The maximum Gasteiger partial charge on any atom is 0.320 e. The van der Waals surface area contributed by atoms with E-state index in [0.717, 1.165) is 37.3 Å². The van der Waals surface area contributed by atoms with Gasteiger partial charge in [0.2, 0.25) is 5.88 Å². The summed E-state index contributed by atoms with van der Waals surface area (Å²) in [6, 6.07) is 8.61. The third kappa shape index (κ3) is 6.55. The fraction of sp³-hybridized carbons (Fsp3) is 0.381. The van der Waals surface area contributed by atoms with Crippen molar-refractivity contribution in [1.82, 2.24) is 15.3 Å². The van der Waals surface area contributed by atoms with Crippen LogP contribution in [0, 0.1) is 0 Å². The van der Waals surface area contributed by atoms with Crippen LogP contribution in [0.5, 0.6) is 17.6 Å². The van der Waals surface area contributed by atoms with Crippen LogP contribution in [0.2, 0.25) is 0 Å². The zero-order valence-corrected chi connectivity index (χ0v) is 17.8. The Kier molecular flexibility index (Phi) is 7.04. The van der Waals surface area contributed by atoms with Gasteiger partial charge < -0.3 is 14.8 Å². The second-order valence-corrected chi connectivity index (χ2v) is 9.16. The van der Waals surface area contributed by atoms with Crippen LogP contribution in [0.3, 0.4) is 0 Å². The van der Waals surface area contributed by atoms with E-state index in [0.29, 0.717) is 5.75 Å². The van der Waals surface area contributed by atoms with E-state index in [1.807, 2.05) is 18.2 Å². The minimum Gasteiger partial charge on any atom is -0.460 e. The summed E-state index contributed by atoms with van der Waals surface area (Å²) in [5.74, 6) is 0.0991. The number of para-hydroxylation sites is 1. The second-order valence-electron chi connectivity index (χ2n) is 7.23. The van der Waals surface area contributed by atoms with Crippen molar-refractivity contribution >= 4 is 15.7 Å². The molecule has 1 fully saturated rings. The number of sulfone groups is 1. The van der Waals surface area contributed by atoms with Crippen LogP contribution in [0.25, 0.3) is 0 Å². The summed E-state index contributed by atoms with van der Waals surface area (Å²) < 4.78 is 34.2. The Morgan fingerprint density at radius 1 is 1.23 bits per heavy atom. The molecule has 30 heavy (non-hydrogen) atoms. The van der Waals surface area contributed by atoms with E-state index in [2.05, 4.69) is 15.3 Å². The summed E-state index contributed by atoms with van der Waals surface area (Å²) in [6.45, 7) is 1.66. The molecule has 1 saturated carbocycles. The molecule has 3 rings (SSSR count). The number of carbonyl (C=O) groups is 1. The number of nitrogens with zero attached hydrogens (tertiary/aromatic N) is 2. The van der Waals surface area contributed by atoms with Gasteiger partial charge in [0.05, 0.1) is 6.20 Å². The predicted octanol–water partition coefficient (Wildman–Crippen LogP) is 3.27. The van der Waals surface area contributed by atoms with Gasteiger partial charge in [-0.15, -0.1) is 0 Å². The highest BCUT2D eigenvalue weighted by atomic mass is 32.2. The van der Waals surface area contributed by atoms with Gasteiger partial charge in [-0.25, -0.2) is 13.4 Å². The first-order chi connectivity index (χ1) is 14.3. The molecule has 0 unspecified atom stereocenters. The Morgan fingerprint density at radius 3 is 2.60 bits per heavy atom. The SMILES string of the molecule is C[C@@H](/C=C/S(C)(=O)=O)NC(=O)c1cnc(OC2CCCC2)nc1Oc1ccccc1. The molecule has 1 aliphatic rings. The van der Waals surface area contributed by atoms with Gasteiger partial charge in [0.25, 0.3) is 5.91 Å². The van der Waals surface area contributed by atoms with E-state index < -0.39 is 21.8 Å². The lowest BCUT2D eigenvalue weighted by atomic mass is 10.2. The molecule has 1 aromatic heterocycles. The summed E-state index contributed by atoms with van der Waals surface area (Å²) in [5.41, 5.74) is 0.122. The fourth-order valence-electron chi connectivity index (χ4n) is 2.99. The quantitative estimate of drug-likeness (QED) is 0.683. The smallest absolute Gasteiger partial charge is 0.320 e. The largest absolute Gasteiger partial charge is 0.460 e. The highest BCUT2D eigenvalue weighted by Gasteiger charge is 2.22. The maximum absolute atomic E-state index is 12.8. The minimum absolute atomic E-state index is 0.0652. The molecule has 8 nitrogen and oxygen atoms in total. The van der Waals surface area contributed by atoms with Crippen LogP contribution in [-0.2, 0) is 9.84 Å². The molecule has 0 radical (unpaired) electrons. The lowest BCUT2D eigenvalue weighted by Gasteiger charge is -2.15. The van der Waals surface area contributed by atoms with E-state index in [1.165, 1.54) is 12.3 Å². The van der Waals surface area contributed by atoms with Crippen molar-refractivity contribution in [3.8, 4) is 17.6 Å². The van der Waals surface area contributed by atoms with Crippen LogP contribution in [0.4, 0.5) is 0 Å². The van der Waals surface area contributed by atoms with Crippen molar-refractivity contribution in [2.45, 2.75) is 44.8 Å². The average Bonchev–Trinajstić information content (AvgIpc) is 3.20. The molecule has 160 valence electrons. The molecule has 0 spiro atoms. The Hall–Kier alpha value is -2.94. The molecule has 0 aliphatic heterocycles. The number of hydrogen-bond acceptors (Lipinski definition) is 7. The standard InChI is InChI=1S/C21H25N3O5S/c1-15(12-13-30(2,26)27)23-19(25)18-14-22-21(29-17-10-6-7-11-17)24-20(18)28-16-8-4-3-5-9-16/h3-5,8-9,12-15,17H,6-7,10-11H2,1-2H3,(H,23,25)/b13-12+/t15-/m0/s1. The lowest BCUT2D eigenvalue weighted by Crippen LogP contribution is -2.31. The molecular weight excluding hydrogens is 406 g/mol. The second kappa shape index (κ2) is 9.71. The first kappa shape index (κ1) is 21.8. The first-order valence-electron chi connectivity index (χ1n) is 9.76. The van der Waals surface area contributed by atoms with E-state index in [1.54, 1.807) is 19.1 Å². The Bertz CT molecular complexity index is 1000. The Labute approximate surface area is 176 Å². The number of ether oxygens (including phenoxy) is 2. The summed E-state index contributed by atoms with van der Waals surface area (Å²) in [5, 5.41) is 3.75. The van der Waals surface area contributed by atoms with Gasteiger partial charge >= 0.3 is 6.01 Å². The molecule has 1 amide bonds. The van der Waals surface area contributed by atoms with Crippen molar-refractivity contribution in [2.24, 2.45) is 0 Å². The van der Waals surface area contributed by atoms with Crippen molar-refractivity contribution in [3.05, 3.63) is 53.6 Å². The van der Waals surface area contributed by atoms with Gasteiger partial charge in [-0.3, -0.25) is 4.79 Å². The predicted molar refractivity (Wildman–Crippen MR) is 112 cm³/mol. The molecule has 0 bridgehead atoms. The van der Waals surface area contributed by atoms with E-state index in [9.17, 15) is 13.2 Å².